The van der Waals surface area contributed by atoms with Gasteiger partial charge in [0.2, 0.25) is 11.8 Å². The molecule has 0 radical (unpaired) electrons. The van der Waals surface area contributed by atoms with Crippen LogP contribution in [0, 0.1) is 0 Å². The minimum absolute atomic E-state index is 0.00402. The summed E-state index contributed by atoms with van der Waals surface area (Å²) < 4.78 is 0. The second kappa shape index (κ2) is 7.53. The van der Waals surface area contributed by atoms with Crippen molar-refractivity contribution in [2.75, 3.05) is 26.5 Å². The zero-order valence-electron chi connectivity index (χ0n) is 12.6. The standard InChI is InChI=1S/C15H23N3O2/c1-11(9-15(20)18(3)4)17-13-7-5-12(6-8-13)10-14(19)16-2/h5-8,11,17H,9-10H2,1-4H3,(H,16,19). The third kappa shape index (κ3) is 5.30. The molecule has 1 aromatic rings. The third-order valence-electron chi connectivity index (χ3n) is 2.99. The van der Waals surface area contributed by atoms with Crippen LogP contribution in [-0.2, 0) is 16.0 Å². The van der Waals surface area contributed by atoms with Crippen LogP contribution >= 0.6 is 0 Å². The molecule has 5 heteroatoms. The summed E-state index contributed by atoms with van der Waals surface area (Å²) in [5.74, 6) is 0.0943. The minimum atomic E-state index is -0.00402. The summed E-state index contributed by atoms with van der Waals surface area (Å²) in [6, 6.07) is 7.75. The SMILES string of the molecule is CNC(=O)Cc1ccc(NC(C)CC(=O)N(C)C)cc1. The van der Waals surface area contributed by atoms with Crippen LogP contribution in [0.2, 0.25) is 0 Å². The van der Waals surface area contributed by atoms with Crippen LogP contribution in [-0.4, -0.2) is 43.9 Å². The summed E-state index contributed by atoms with van der Waals surface area (Å²) in [6.07, 6.45) is 0.832. The van der Waals surface area contributed by atoms with Crippen molar-refractivity contribution in [2.45, 2.75) is 25.8 Å². The second-order valence-corrected chi connectivity index (χ2v) is 5.08. The molecule has 0 spiro atoms. The largest absolute Gasteiger partial charge is 0.382 e. The van der Waals surface area contributed by atoms with Crippen molar-refractivity contribution in [1.82, 2.24) is 10.2 Å². The van der Waals surface area contributed by atoms with Crippen molar-refractivity contribution in [2.24, 2.45) is 0 Å². The molecule has 1 aromatic carbocycles. The number of rotatable bonds is 6. The van der Waals surface area contributed by atoms with E-state index in [2.05, 4.69) is 10.6 Å². The van der Waals surface area contributed by atoms with Gasteiger partial charge in [-0.2, -0.15) is 0 Å². The van der Waals surface area contributed by atoms with Crippen molar-refractivity contribution in [3.05, 3.63) is 29.8 Å². The van der Waals surface area contributed by atoms with E-state index in [0.29, 0.717) is 12.8 Å². The zero-order valence-corrected chi connectivity index (χ0v) is 12.6. The quantitative estimate of drug-likeness (QED) is 0.823. The maximum atomic E-state index is 11.6. The Bertz CT molecular complexity index is 455. The lowest BCUT2D eigenvalue weighted by atomic mass is 10.1. The van der Waals surface area contributed by atoms with E-state index in [1.165, 1.54) is 0 Å². The minimum Gasteiger partial charge on any atom is -0.382 e. The number of amides is 2. The summed E-state index contributed by atoms with van der Waals surface area (Å²) >= 11 is 0. The fraction of sp³-hybridized carbons (Fsp3) is 0.467. The van der Waals surface area contributed by atoms with E-state index in [1.54, 1.807) is 26.0 Å². The fourth-order valence-corrected chi connectivity index (χ4v) is 1.77. The number of carbonyl (C=O) groups excluding carboxylic acids is 2. The van der Waals surface area contributed by atoms with Crippen LogP contribution in [0.15, 0.2) is 24.3 Å². The van der Waals surface area contributed by atoms with Gasteiger partial charge in [-0.25, -0.2) is 0 Å². The predicted octanol–water partition coefficient (Wildman–Crippen LogP) is 1.25. The van der Waals surface area contributed by atoms with E-state index in [9.17, 15) is 9.59 Å². The first-order valence-corrected chi connectivity index (χ1v) is 6.68. The van der Waals surface area contributed by atoms with E-state index >= 15 is 0 Å². The Labute approximate surface area is 120 Å². The van der Waals surface area contributed by atoms with Crippen molar-refractivity contribution in [3.8, 4) is 0 Å². The van der Waals surface area contributed by atoms with Gasteiger partial charge in [0.15, 0.2) is 0 Å². The van der Waals surface area contributed by atoms with Gasteiger partial charge in [0.1, 0.15) is 0 Å². The van der Waals surface area contributed by atoms with Crippen molar-refractivity contribution in [3.63, 3.8) is 0 Å². The lowest BCUT2D eigenvalue weighted by molar-refractivity contribution is -0.128. The van der Waals surface area contributed by atoms with Gasteiger partial charge in [-0.05, 0) is 24.6 Å². The molecule has 20 heavy (non-hydrogen) atoms. The lowest BCUT2D eigenvalue weighted by Gasteiger charge is -2.17. The summed E-state index contributed by atoms with van der Waals surface area (Å²) in [5, 5.41) is 5.87. The molecule has 0 heterocycles. The predicted molar refractivity (Wildman–Crippen MR) is 80.6 cm³/mol. The van der Waals surface area contributed by atoms with Gasteiger partial charge in [0.05, 0.1) is 6.42 Å². The van der Waals surface area contributed by atoms with E-state index in [4.69, 9.17) is 0 Å². The smallest absolute Gasteiger partial charge is 0.224 e. The Balaban J connectivity index is 2.52. The van der Waals surface area contributed by atoms with Crippen LogP contribution in [0.4, 0.5) is 5.69 Å². The number of likely N-dealkylation sites (N-methyl/N-ethyl adjacent to an activating group) is 1. The van der Waals surface area contributed by atoms with Gasteiger partial charge < -0.3 is 15.5 Å². The molecule has 0 aromatic heterocycles. The number of carbonyl (C=O) groups is 2. The van der Waals surface area contributed by atoms with Crippen molar-refractivity contribution < 1.29 is 9.59 Å². The van der Waals surface area contributed by atoms with E-state index in [0.717, 1.165) is 11.3 Å². The first kappa shape index (κ1) is 16.0. The number of hydrogen-bond acceptors (Lipinski definition) is 3. The molecule has 0 bridgehead atoms. The Morgan fingerprint density at radius 1 is 1.20 bits per heavy atom. The summed E-state index contributed by atoms with van der Waals surface area (Å²) in [7, 11) is 5.13. The monoisotopic (exact) mass is 277 g/mol. The Morgan fingerprint density at radius 3 is 2.30 bits per heavy atom. The third-order valence-corrected chi connectivity index (χ3v) is 2.99. The topological polar surface area (TPSA) is 61.4 Å². The first-order chi connectivity index (χ1) is 9.42. The average molecular weight is 277 g/mol. The molecule has 1 rings (SSSR count). The highest BCUT2D eigenvalue weighted by molar-refractivity contribution is 5.78. The summed E-state index contributed by atoms with van der Waals surface area (Å²) in [4.78, 5) is 24.4. The zero-order chi connectivity index (χ0) is 15.1. The van der Waals surface area contributed by atoms with Gasteiger partial charge in [0, 0.05) is 39.3 Å². The highest BCUT2D eigenvalue weighted by atomic mass is 16.2. The molecule has 1 atom stereocenters. The van der Waals surface area contributed by atoms with Crippen LogP contribution < -0.4 is 10.6 Å². The van der Waals surface area contributed by atoms with Crippen LogP contribution in [0.1, 0.15) is 18.9 Å². The average Bonchev–Trinajstić information content (AvgIpc) is 2.40. The summed E-state index contributed by atoms with van der Waals surface area (Å²) in [5.41, 5.74) is 1.91. The Kier molecular flexibility index (Phi) is 6.03. The molecule has 0 saturated heterocycles. The van der Waals surface area contributed by atoms with Crippen LogP contribution in [0.3, 0.4) is 0 Å². The molecule has 0 saturated carbocycles. The molecule has 2 N–H and O–H groups in total. The van der Waals surface area contributed by atoms with Crippen molar-refractivity contribution in [1.29, 1.82) is 0 Å². The molecule has 5 nitrogen and oxygen atoms in total. The molecule has 1 unspecified atom stereocenters. The Morgan fingerprint density at radius 2 is 1.80 bits per heavy atom. The molecular formula is C15H23N3O2. The summed E-state index contributed by atoms with van der Waals surface area (Å²) in [6.45, 7) is 1.97. The van der Waals surface area contributed by atoms with Gasteiger partial charge in [0.25, 0.3) is 0 Å². The maximum Gasteiger partial charge on any atom is 0.224 e. The van der Waals surface area contributed by atoms with Crippen LogP contribution in [0.25, 0.3) is 0 Å². The number of anilines is 1. The van der Waals surface area contributed by atoms with Gasteiger partial charge >= 0.3 is 0 Å². The number of nitrogens with zero attached hydrogens (tertiary/aromatic N) is 1. The van der Waals surface area contributed by atoms with Crippen molar-refractivity contribution >= 4 is 17.5 Å². The fourth-order valence-electron chi connectivity index (χ4n) is 1.77. The maximum absolute atomic E-state index is 11.6. The molecule has 0 fully saturated rings. The molecule has 0 aliphatic rings. The van der Waals surface area contributed by atoms with Crippen LogP contribution in [0.5, 0.6) is 0 Å². The lowest BCUT2D eigenvalue weighted by Crippen LogP contribution is -2.28. The first-order valence-electron chi connectivity index (χ1n) is 6.68. The van der Waals surface area contributed by atoms with Gasteiger partial charge in [-0.1, -0.05) is 12.1 Å². The molecule has 2 amide bonds. The van der Waals surface area contributed by atoms with Gasteiger partial charge in [-0.15, -0.1) is 0 Å². The molecule has 0 aliphatic heterocycles. The highest BCUT2D eigenvalue weighted by Crippen LogP contribution is 2.12. The number of hydrogen-bond donors (Lipinski definition) is 2. The number of benzene rings is 1. The van der Waals surface area contributed by atoms with E-state index < -0.39 is 0 Å². The normalized spacial score (nSPS) is 11.6. The van der Waals surface area contributed by atoms with E-state index in [1.807, 2.05) is 31.2 Å². The molecular weight excluding hydrogens is 254 g/mol. The number of nitrogens with one attached hydrogen (secondary N) is 2. The van der Waals surface area contributed by atoms with E-state index in [-0.39, 0.29) is 17.9 Å². The molecule has 110 valence electrons. The molecule has 0 aliphatic carbocycles. The Hall–Kier alpha value is -2.04. The van der Waals surface area contributed by atoms with Gasteiger partial charge in [-0.3, -0.25) is 9.59 Å². The highest BCUT2D eigenvalue weighted by Gasteiger charge is 2.10. The second-order valence-electron chi connectivity index (χ2n) is 5.08.